The first-order chi connectivity index (χ1) is 13.1. The molecule has 0 amide bonds. The molecule has 1 aromatic rings. The van der Waals surface area contributed by atoms with Crippen molar-refractivity contribution in [2.45, 2.75) is 51.2 Å². The van der Waals surface area contributed by atoms with Crippen LogP contribution in [0.15, 0.2) is 45.5 Å². The van der Waals surface area contributed by atoms with Crippen molar-refractivity contribution in [2.24, 2.45) is 21.5 Å². The van der Waals surface area contributed by atoms with Gasteiger partial charge < -0.3 is 16.8 Å². The molecule has 1 fully saturated rings. The van der Waals surface area contributed by atoms with Crippen LogP contribution in [0.1, 0.15) is 38.2 Å². The van der Waals surface area contributed by atoms with Crippen molar-refractivity contribution in [1.29, 1.82) is 0 Å². The minimum absolute atomic E-state index is 0.337. The number of hydrazine groups is 1. The first kappa shape index (κ1) is 18.0. The van der Waals surface area contributed by atoms with Gasteiger partial charge in [0.15, 0.2) is 5.84 Å². The summed E-state index contributed by atoms with van der Waals surface area (Å²) in [5.74, 6) is 1.90. The van der Waals surface area contributed by atoms with Crippen molar-refractivity contribution in [3.63, 3.8) is 0 Å². The monoisotopic (exact) mass is 367 g/mol. The van der Waals surface area contributed by atoms with Crippen LogP contribution in [0.3, 0.4) is 0 Å². The van der Waals surface area contributed by atoms with Gasteiger partial charge in [0, 0.05) is 23.8 Å². The lowest BCUT2D eigenvalue weighted by molar-refractivity contribution is 0.383. The number of benzene rings is 1. The lowest BCUT2D eigenvalue weighted by Gasteiger charge is -2.33. The van der Waals surface area contributed by atoms with E-state index in [1.807, 2.05) is 12.1 Å². The molecule has 4 rings (SSSR count). The van der Waals surface area contributed by atoms with Gasteiger partial charge in [-0.1, -0.05) is 12.1 Å². The zero-order valence-electron chi connectivity index (χ0n) is 15.9. The molecule has 2 aliphatic heterocycles. The van der Waals surface area contributed by atoms with Crippen LogP contribution in [0.25, 0.3) is 0 Å². The highest BCUT2D eigenvalue weighted by Gasteiger charge is 2.31. The van der Waals surface area contributed by atoms with E-state index in [1.165, 1.54) is 0 Å². The van der Waals surface area contributed by atoms with Crippen molar-refractivity contribution in [1.82, 2.24) is 10.4 Å². The van der Waals surface area contributed by atoms with Gasteiger partial charge in [-0.25, -0.2) is 0 Å². The van der Waals surface area contributed by atoms with E-state index in [2.05, 4.69) is 39.8 Å². The van der Waals surface area contributed by atoms with Gasteiger partial charge in [-0.2, -0.15) is 0 Å². The quantitative estimate of drug-likeness (QED) is 0.649. The second-order valence-electron chi connectivity index (χ2n) is 7.54. The molecule has 1 aromatic carbocycles. The summed E-state index contributed by atoms with van der Waals surface area (Å²) in [6.07, 6.45) is 4.23. The predicted octanol–water partition coefficient (Wildman–Crippen LogP) is 1.73. The van der Waals surface area contributed by atoms with E-state index in [4.69, 9.17) is 16.5 Å². The summed E-state index contributed by atoms with van der Waals surface area (Å²) < 4.78 is 0. The van der Waals surface area contributed by atoms with Gasteiger partial charge in [0.05, 0.1) is 24.8 Å². The zero-order chi connectivity index (χ0) is 18.8. The van der Waals surface area contributed by atoms with Crippen molar-refractivity contribution in [3.8, 4) is 0 Å². The number of anilines is 1. The van der Waals surface area contributed by atoms with E-state index in [1.54, 1.807) is 0 Å². The van der Waals surface area contributed by atoms with Crippen molar-refractivity contribution in [3.05, 3.63) is 41.1 Å². The minimum Gasteiger partial charge on any atom is -0.352 e. The Kier molecular flexibility index (Phi) is 5.13. The van der Waals surface area contributed by atoms with Crippen LogP contribution in [0.5, 0.6) is 0 Å². The fraction of sp³-hybridized carbons (Fsp3) is 0.500. The van der Waals surface area contributed by atoms with Crippen LogP contribution >= 0.6 is 0 Å². The molecule has 7 nitrogen and oxygen atoms in total. The maximum absolute atomic E-state index is 6.04. The Balaban J connectivity index is 1.61. The Labute approximate surface area is 160 Å². The number of nitrogens with two attached hydrogens (primary N) is 2. The van der Waals surface area contributed by atoms with E-state index in [0.29, 0.717) is 18.6 Å². The molecule has 7 heteroatoms. The minimum atomic E-state index is 0.337. The molecule has 0 radical (unpaired) electrons. The number of hydrogen-bond acceptors (Lipinski definition) is 6. The number of aliphatic imine (C=N–C) groups is 2. The summed E-state index contributed by atoms with van der Waals surface area (Å²) in [6, 6.07) is 8.89. The summed E-state index contributed by atoms with van der Waals surface area (Å²) in [6.45, 7) is 4.30. The number of fused-ring (bicyclic) bond motifs is 1. The molecular weight excluding hydrogens is 338 g/mol. The van der Waals surface area contributed by atoms with Gasteiger partial charge in [0.2, 0.25) is 0 Å². The lowest BCUT2D eigenvalue weighted by atomic mass is 9.92. The highest BCUT2D eigenvalue weighted by atomic mass is 15.6. The molecule has 0 bridgehead atoms. The zero-order valence-corrected chi connectivity index (χ0v) is 15.9. The number of rotatable bonds is 4. The van der Waals surface area contributed by atoms with Crippen LogP contribution in [-0.4, -0.2) is 41.9 Å². The molecule has 2 heterocycles. The van der Waals surface area contributed by atoms with E-state index in [0.717, 1.165) is 73.0 Å². The summed E-state index contributed by atoms with van der Waals surface area (Å²) >= 11 is 0. The van der Waals surface area contributed by atoms with E-state index < -0.39 is 0 Å². The van der Waals surface area contributed by atoms with Crippen LogP contribution in [0.4, 0.5) is 5.69 Å². The second kappa shape index (κ2) is 7.70. The average Bonchev–Trinajstić information content (AvgIpc) is 3.15. The Bertz CT molecular complexity index is 770. The lowest BCUT2D eigenvalue weighted by Crippen LogP contribution is -2.51. The van der Waals surface area contributed by atoms with E-state index >= 15 is 0 Å². The Hall–Kier alpha value is -2.38. The van der Waals surface area contributed by atoms with Crippen molar-refractivity contribution >= 4 is 17.4 Å². The number of hydrogen-bond donors (Lipinski definition) is 4. The van der Waals surface area contributed by atoms with Gasteiger partial charge >= 0.3 is 0 Å². The first-order valence-electron chi connectivity index (χ1n) is 9.83. The molecule has 6 N–H and O–H groups in total. The maximum Gasteiger partial charge on any atom is 0.167 e. The van der Waals surface area contributed by atoms with Crippen LogP contribution in [0.2, 0.25) is 0 Å². The average molecular weight is 368 g/mol. The van der Waals surface area contributed by atoms with Crippen LogP contribution in [0, 0.1) is 0 Å². The second-order valence-corrected chi connectivity index (χ2v) is 7.54. The number of nitrogens with one attached hydrogen (secondary N) is 2. The largest absolute Gasteiger partial charge is 0.352 e. The van der Waals surface area contributed by atoms with Gasteiger partial charge in [-0.05, 0) is 50.3 Å². The Morgan fingerprint density at radius 1 is 1.22 bits per heavy atom. The summed E-state index contributed by atoms with van der Waals surface area (Å²) in [5, 5.41) is 5.65. The predicted molar refractivity (Wildman–Crippen MR) is 110 cm³/mol. The third kappa shape index (κ3) is 3.84. The first-order valence-corrected chi connectivity index (χ1v) is 9.83. The summed E-state index contributed by atoms with van der Waals surface area (Å²) in [4.78, 5) is 9.71. The topological polar surface area (TPSA) is 104 Å². The van der Waals surface area contributed by atoms with E-state index in [-0.39, 0.29) is 0 Å². The molecule has 0 unspecified atom stereocenters. The highest BCUT2D eigenvalue weighted by molar-refractivity contribution is 6.14. The fourth-order valence-electron chi connectivity index (χ4n) is 3.82. The van der Waals surface area contributed by atoms with Gasteiger partial charge in [-0.3, -0.25) is 20.4 Å². The van der Waals surface area contributed by atoms with Gasteiger partial charge in [0.25, 0.3) is 0 Å². The smallest absolute Gasteiger partial charge is 0.167 e. The van der Waals surface area contributed by atoms with Gasteiger partial charge in [0.1, 0.15) is 5.84 Å². The molecule has 0 atom stereocenters. The molecule has 27 heavy (non-hydrogen) atoms. The number of nitrogens with zero attached hydrogens (tertiary/aromatic N) is 3. The molecule has 0 spiro atoms. The molecule has 144 valence electrons. The Morgan fingerprint density at radius 2 is 1.96 bits per heavy atom. The SMILES string of the molecule is CC1=C(Nc2ccc(CN)cc2)C2=NCCN2NC1=NC1CCC(N)CC1. The third-order valence-electron chi connectivity index (χ3n) is 5.55. The van der Waals surface area contributed by atoms with E-state index in [9.17, 15) is 0 Å². The molecule has 1 saturated carbocycles. The number of amidine groups is 2. The molecule has 0 saturated heterocycles. The van der Waals surface area contributed by atoms with Crippen LogP contribution in [-0.2, 0) is 6.54 Å². The third-order valence-corrected chi connectivity index (χ3v) is 5.55. The Morgan fingerprint density at radius 3 is 2.67 bits per heavy atom. The van der Waals surface area contributed by atoms with Crippen molar-refractivity contribution in [2.75, 3.05) is 18.4 Å². The molecular formula is C20H29N7. The van der Waals surface area contributed by atoms with Crippen LogP contribution < -0.4 is 22.2 Å². The summed E-state index contributed by atoms with van der Waals surface area (Å²) in [5.41, 5.74) is 19.5. The molecule has 3 aliphatic rings. The van der Waals surface area contributed by atoms with Gasteiger partial charge in [-0.15, -0.1) is 0 Å². The summed E-state index contributed by atoms with van der Waals surface area (Å²) in [7, 11) is 0. The fourth-order valence-corrected chi connectivity index (χ4v) is 3.82. The highest BCUT2D eigenvalue weighted by Crippen LogP contribution is 2.25. The maximum atomic E-state index is 6.04. The normalized spacial score (nSPS) is 26.7. The molecule has 1 aliphatic carbocycles. The standard InChI is InChI=1S/C20H29N7/c1-13-18(24-16-6-2-14(12-21)3-7-16)20-23-10-11-27(20)26-19(13)25-17-8-4-15(22)5-9-17/h2-3,6-7,15,17,24H,4-5,8-12,21-22H2,1H3,(H,25,26). The van der Waals surface area contributed by atoms with Crippen molar-refractivity contribution < 1.29 is 0 Å². The molecule has 0 aromatic heterocycles.